The van der Waals surface area contributed by atoms with Crippen LogP contribution < -0.4 is 5.43 Å². The summed E-state index contributed by atoms with van der Waals surface area (Å²) in [4.78, 5) is 12.5. The van der Waals surface area contributed by atoms with Crippen LogP contribution in [0.5, 0.6) is 0 Å². The largest absolute Gasteiger partial charge is 0.449 e. The highest BCUT2D eigenvalue weighted by Gasteiger charge is 2.18. The van der Waals surface area contributed by atoms with Crippen LogP contribution in [-0.4, -0.2) is 5.75 Å². The number of hydrogen-bond donors (Lipinski definition) is 0. The Morgan fingerprint density at radius 3 is 2.78 bits per heavy atom. The minimum atomic E-state index is -0.00675. The number of aryl methyl sites for hydroxylation is 1. The summed E-state index contributed by atoms with van der Waals surface area (Å²) in [5.41, 5.74) is 2.53. The molecule has 0 aliphatic heterocycles. The van der Waals surface area contributed by atoms with Gasteiger partial charge in [-0.1, -0.05) is 46.2 Å². The number of alkyl halides is 1. The van der Waals surface area contributed by atoms with Crippen LogP contribution in [0.25, 0.3) is 11.0 Å². The van der Waals surface area contributed by atoms with Crippen LogP contribution in [0.2, 0.25) is 0 Å². The van der Waals surface area contributed by atoms with E-state index < -0.39 is 0 Å². The van der Waals surface area contributed by atoms with Gasteiger partial charge < -0.3 is 4.42 Å². The molecule has 18 heavy (non-hydrogen) atoms. The molecule has 4 heteroatoms. The van der Waals surface area contributed by atoms with Gasteiger partial charge in [-0.15, -0.1) is 0 Å². The Morgan fingerprint density at radius 2 is 2.17 bits per heavy atom. The quantitative estimate of drug-likeness (QED) is 0.606. The van der Waals surface area contributed by atoms with E-state index in [0.29, 0.717) is 11.0 Å². The summed E-state index contributed by atoms with van der Waals surface area (Å²) >= 11 is 5.05. The van der Waals surface area contributed by atoms with E-state index in [1.54, 1.807) is 11.8 Å². The van der Waals surface area contributed by atoms with Crippen LogP contribution >= 0.6 is 27.7 Å². The fraction of sp³-hybridized carbons (Fsp3) is 0.357. The summed E-state index contributed by atoms with van der Waals surface area (Å²) in [5, 5.41) is 1.39. The molecular formula is C14H15BrO2S. The normalized spacial score (nSPS) is 12.9. The Morgan fingerprint density at radius 1 is 1.44 bits per heavy atom. The third-order valence-corrected chi connectivity index (χ3v) is 4.03. The van der Waals surface area contributed by atoms with E-state index >= 15 is 0 Å². The molecule has 1 heterocycles. The van der Waals surface area contributed by atoms with Gasteiger partial charge in [0.1, 0.15) is 5.58 Å². The second-order valence-corrected chi connectivity index (χ2v) is 6.79. The number of fused-ring (bicyclic) bond motifs is 1. The molecule has 0 N–H and O–H groups in total. The van der Waals surface area contributed by atoms with Gasteiger partial charge in [-0.2, -0.15) is 0 Å². The zero-order valence-electron chi connectivity index (χ0n) is 10.6. The molecular weight excluding hydrogens is 312 g/mol. The SMILES string of the molecule is CCSc1oc2ccc(C)cc2c(=O)c1C(C)Br. The average Bonchev–Trinajstić information content (AvgIpc) is 2.30. The number of rotatable bonds is 3. The van der Waals surface area contributed by atoms with Crippen molar-refractivity contribution in [1.82, 2.24) is 0 Å². The Hall–Kier alpha value is -0.740. The van der Waals surface area contributed by atoms with E-state index in [-0.39, 0.29) is 10.3 Å². The molecule has 0 amide bonds. The predicted octanol–water partition coefficient (Wildman–Crippen LogP) is 4.67. The Kier molecular flexibility index (Phi) is 4.17. The van der Waals surface area contributed by atoms with Gasteiger partial charge in [0.25, 0.3) is 0 Å². The van der Waals surface area contributed by atoms with Crippen molar-refractivity contribution < 1.29 is 4.42 Å². The van der Waals surface area contributed by atoms with Crippen molar-refractivity contribution in [2.45, 2.75) is 30.7 Å². The van der Waals surface area contributed by atoms with E-state index in [4.69, 9.17) is 4.42 Å². The Balaban J connectivity index is 2.81. The first-order valence-corrected chi connectivity index (χ1v) is 7.79. The van der Waals surface area contributed by atoms with Gasteiger partial charge in [-0.05, 0) is 31.7 Å². The molecule has 0 fully saturated rings. The van der Waals surface area contributed by atoms with E-state index in [9.17, 15) is 4.79 Å². The van der Waals surface area contributed by atoms with E-state index in [0.717, 1.165) is 22.0 Å². The first kappa shape index (κ1) is 13.7. The summed E-state index contributed by atoms with van der Waals surface area (Å²) < 4.78 is 5.86. The van der Waals surface area contributed by atoms with Crippen molar-refractivity contribution in [2.75, 3.05) is 5.75 Å². The maximum Gasteiger partial charge on any atom is 0.198 e. The van der Waals surface area contributed by atoms with Gasteiger partial charge in [0.05, 0.1) is 10.9 Å². The van der Waals surface area contributed by atoms with Gasteiger partial charge >= 0.3 is 0 Å². The Labute approximate surface area is 119 Å². The first-order valence-electron chi connectivity index (χ1n) is 5.88. The molecule has 1 atom stereocenters. The number of thioether (sulfide) groups is 1. The highest BCUT2D eigenvalue weighted by Crippen LogP contribution is 2.32. The third-order valence-electron chi connectivity index (χ3n) is 2.72. The molecule has 0 saturated heterocycles. The van der Waals surface area contributed by atoms with Gasteiger partial charge in [-0.25, -0.2) is 0 Å². The summed E-state index contributed by atoms with van der Waals surface area (Å²) in [5.74, 6) is 0.882. The molecule has 0 aliphatic carbocycles. The number of halogens is 1. The monoisotopic (exact) mass is 326 g/mol. The van der Waals surface area contributed by atoms with Crippen LogP contribution in [0.15, 0.2) is 32.5 Å². The van der Waals surface area contributed by atoms with E-state index in [1.807, 2.05) is 39.0 Å². The second kappa shape index (κ2) is 5.49. The summed E-state index contributed by atoms with van der Waals surface area (Å²) in [7, 11) is 0. The van der Waals surface area contributed by atoms with Crippen LogP contribution in [0.1, 0.15) is 29.8 Å². The molecule has 2 nitrogen and oxygen atoms in total. The lowest BCUT2D eigenvalue weighted by Crippen LogP contribution is -2.11. The van der Waals surface area contributed by atoms with Crippen LogP contribution in [0.4, 0.5) is 0 Å². The molecule has 1 aromatic carbocycles. The van der Waals surface area contributed by atoms with Gasteiger partial charge in [-0.3, -0.25) is 4.79 Å². The fourth-order valence-electron chi connectivity index (χ4n) is 1.88. The first-order chi connectivity index (χ1) is 8.54. The second-order valence-electron chi connectivity index (χ2n) is 4.18. The molecule has 2 rings (SSSR count). The molecule has 2 aromatic rings. The van der Waals surface area contributed by atoms with Crippen molar-refractivity contribution in [1.29, 1.82) is 0 Å². The molecule has 1 aromatic heterocycles. The van der Waals surface area contributed by atoms with Crippen LogP contribution in [-0.2, 0) is 0 Å². The fourth-order valence-corrected chi connectivity index (χ4v) is 3.29. The lowest BCUT2D eigenvalue weighted by molar-refractivity contribution is 0.488. The van der Waals surface area contributed by atoms with Crippen LogP contribution in [0.3, 0.4) is 0 Å². The highest BCUT2D eigenvalue weighted by molar-refractivity contribution is 9.09. The molecule has 1 unspecified atom stereocenters. The van der Waals surface area contributed by atoms with E-state index in [2.05, 4.69) is 15.9 Å². The maximum absolute atomic E-state index is 12.5. The van der Waals surface area contributed by atoms with Crippen molar-refractivity contribution in [2.24, 2.45) is 0 Å². The third kappa shape index (κ3) is 2.50. The predicted molar refractivity (Wildman–Crippen MR) is 81.0 cm³/mol. The molecule has 0 saturated carbocycles. The van der Waals surface area contributed by atoms with Gasteiger partial charge in [0.15, 0.2) is 10.5 Å². The topological polar surface area (TPSA) is 30.2 Å². The highest BCUT2D eigenvalue weighted by atomic mass is 79.9. The lowest BCUT2D eigenvalue weighted by atomic mass is 10.1. The van der Waals surface area contributed by atoms with Crippen molar-refractivity contribution in [3.8, 4) is 0 Å². The van der Waals surface area contributed by atoms with Crippen molar-refractivity contribution in [3.05, 3.63) is 39.5 Å². The lowest BCUT2D eigenvalue weighted by Gasteiger charge is -2.10. The number of benzene rings is 1. The standard InChI is InChI=1S/C14H15BrO2S/c1-4-18-14-12(9(3)15)13(16)10-7-8(2)5-6-11(10)17-14/h5-7,9H,4H2,1-3H3. The zero-order chi connectivity index (χ0) is 13.3. The molecule has 0 bridgehead atoms. The average molecular weight is 327 g/mol. The van der Waals surface area contributed by atoms with Crippen molar-refractivity contribution in [3.63, 3.8) is 0 Å². The van der Waals surface area contributed by atoms with E-state index in [1.165, 1.54) is 0 Å². The minimum absolute atomic E-state index is 0.00675. The zero-order valence-corrected chi connectivity index (χ0v) is 13.0. The summed E-state index contributed by atoms with van der Waals surface area (Å²) in [6, 6.07) is 5.72. The molecule has 0 aliphatic rings. The molecule has 0 spiro atoms. The van der Waals surface area contributed by atoms with Crippen molar-refractivity contribution >= 4 is 38.7 Å². The van der Waals surface area contributed by atoms with Gasteiger partial charge in [0, 0.05) is 4.83 Å². The maximum atomic E-state index is 12.5. The Bertz CT molecular complexity index is 631. The molecule has 96 valence electrons. The van der Waals surface area contributed by atoms with Crippen LogP contribution in [0, 0.1) is 6.92 Å². The summed E-state index contributed by atoms with van der Waals surface area (Å²) in [6.45, 7) is 5.98. The molecule has 0 radical (unpaired) electrons. The summed E-state index contributed by atoms with van der Waals surface area (Å²) in [6.07, 6.45) is 0. The smallest absolute Gasteiger partial charge is 0.198 e. The number of hydrogen-bond acceptors (Lipinski definition) is 3. The van der Waals surface area contributed by atoms with Gasteiger partial charge in [0.2, 0.25) is 0 Å². The minimum Gasteiger partial charge on any atom is -0.449 e.